The number of ether oxygens (including phenoxy) is 3. The summed E-state index contributed by atoms with van der Waals surface area (Å²) in [5.41, 5.74) is 4.85. The second kappa shape index (κ2) is 10.2. The number of anilines is 1. The summed E-state index contributed by atoms with van der Waals surface area (Å²) >= 11 is 0. The summed E-state index contributed by atoms with van der Waals surface area (Å²) in [6.45, 7) is 4.82. The van der Waals surface area contributed by atoms with Crippen LogP contribution in [0.2, 0.25) is 0 Å². The SMILES string of the molecule is COc1ccc(CC(=O)NC[C@@H](c2ccc3c(c2)CCN3C)N2CCOCC2)cc1OC. The van der Waals surface area contributed by atoms with Gasteiger partial charge in [0.1, 0.15) is 0 Å². The van der Waals surface area contributed by atoms with Gasteiger partial charge in [-0.15, -0.1) is 0 Å². The van der Waals surface area contributed by atoms with E-state index in [0.29, 0.717) is 24.5 Å². The van der Waals surface area contributed by atoms with Crippen molar-refractivity contribution in [1.29, 1.82) is 0 Å². The average Bonchev–Trinajstić information content (AvgIpc) is 3.20. The van der Waals surface area contributed by atoms with Crippen molar-refractivity contribution in [3.05, 3.63) is 53.1 Å². The molecule has 7 nitrogen and oxygen atoms in total. The highest BCUT2D eigenvalue weighted by Crippen LogP contribution is 2.31. The first-order chi connectivity index (χ1) is 15.6. The van der Waals surface area contributed by atoms with Crippen LogP contribution in [0.1, 0.15) is 22.7 Å². The minimum Gasteiger partial charge on any atom is -0.493 e. The predicted octanol–water partition coefficient (Wildman–Crippen LogP) is 2.43. The predicted molar refractivity (Wildman–Crippen MR) is 125 cm³/mol. The summed E-state index contributed by atoms with van der Waals surface area (Å²) in [4.78, 5) is 17.5. The van der Waals surface area contributed by atoms with Crippen LogP contribution in [0.25, 0.3) is 0 Å². The standard InChI is InChI=1S/C25H33N3O4/c1-27-9-8-20-16-19(5-6-21(20)27)22(28-10-12-32-13-11-28)17-26-25(29)15-18-4-7-23(30-2)24(14-18)31-3/h4-7,14,16,22H,8-13,15,17H2,1-3H3,(H,26,29)/t22-/m0/s1. The Morgan fingerprint density at radius 3 is 2.59 bits per heavy atom. The Morgan fingerprint density at radius 2 is 1.84 bits per heavy atom. The van der Waals surface area contributed by atoms with Gasteiger partial charge in [0.25, 0.3) is 0 Å². The lowest BCUT2D eigenvalue weighted by atomic mass is 10.00. The summed E-state index contributed by atoms with van der Waals surface area (Å²) in [6, 6.07) is 12.5. The Bertz CT molecular complexity index is 943. The zero-order valence-electron chi connectivity index (χ0n) is 19.2. The van der Waals surface area contributed by atoms with E-state index in [4.69, 9.17) is 14.2 Å². The third kappa shape index (κ3) is 5.00. The van der Waals surface area contributed by atoms with Crippen molar-refractivity contribution in [3.8, 4) is 11.5 Å². The van der Waals surface area contributed by atoms with Gasteiger partial charge in [0, 0.05) is 38.9 Å². The van der Waals surface area contributed by atoms with Crippen LogP contribution < -0.4 is 19.7 Å². The number of benzene rings is 2. The second-order valence-corrected chi connectivity index (χ2v) is 8.39. The number of methoxy groups -OCH3 is 2. The number of amides is 1. The highest BCUT2D eigenvalue weighted by molar-refractivity contribution is 5.78. The fourth-order valence-electron chi connectivity index (χ4n) is 4.59. The van der Waals surface area contributed by atoms with Gasteiger partial charge in [0.15, 0.2) is 11.5 Å². The normalized spacial score (nSPS) is 17.0. The molecule has 1 atom stereocenters. The van der Waals surface area contributed by atoms with Gasteiger partial charge in [0.05, 0.1) is 39.9 Å². The van der Waals surface area contributed by atoms with Crippen LogP contribution in [-0.2, 0) is 22.4 Å². The molecule has 4 rings (SSSR count). The molecule has 172 valence electrons. The molecule has 2 aromatic rings. The minimum absolute atomic E-state index is 0.00336. The number of hydrogen-bond donors (Lipinski definition) is 1. The molecule has 2 aliphatic rings. The summed E-state index contributed by atoms with van der Waals surface area (Å²) in [6.07, 6.45) is 1.37. The van der Waals surface area contributed by atoms with Gasteiger partial charge < -0.3 is 24.4 Å². The summed E-state index contributed by atoms with van der Waals surface area (Å²) in [7, 11) is 5.34. The van der Waals surface area contributed by atoms with Crippen LogP contribution in [0.5, 0.6) is 11.5 Å². The molecule has 0 unspecified atom stereocenters. The van der Waals surface area contributed by atoms with E-state index in [1.165, 1.54) is 16.8 Å². The quantitative estimate of drug-likeness (QED) is 0.682. The van der Waals surface area contributed by atoms with Crippen LogP contribution in [-0.4, -0.2) is 71.5 Å². The average molecular weight is 440 g/mol. The van der Waals surface area contributed by atoms with Crippen molar-refractivity contribution < 1.29 is 19.0 Å². The molecule has 2 aliphatic heterocycles. The van der Waals surface area contributed by atoms with Gasteiger partial charge in [-0.05, 0) is 41.3 Å². The number of morpholine rings is 1. The molecule has 1 saturated heterocycles. The Morgan fingerprint density at radius 1 is 1.06 bits per heavy atom. The van der Waals surface area contributed by atoms with Crippen LogP contribution in [0, 0.1) is 0 Å². The van der Waals surface area contributed by atoms with E-state index in [9.17, 15) is 4.79 Å². The van der Waals surface area contributed by atoms with Crippen molar-refractivity contribution in [2.75, 3.05) is 65.6 Å². The number of hydrogen-bond acceptors (Lipinski definition) is 6. The summed E-state index contributed by atoms with van der Waals surface area (Å²) < 4.78 is 16.2. The molecule has 7 heteroatoms. The first kappa shape index (κ1) is 22.4. The zero-order chi connectivity index (χ0) is 22.5. The lowest BCUT2D eigenvalue weighted by molar-refractivity contribution is -0.120. The number of fused-ring (bicyclic) bond motifs is 1. The molecule has 0 aliphatic carbocycles. The molecule has 1 fully saturated rings. The van der Waals surface area contributed by atoms with E-state index < -0.39 is 0 Å². The van der Waals surface area contributed by atoms with Gasteiger partial charge >= 0.3 is 0 Å². The summed E-state index contributed by atoms with van der Waals surface area (Å²) in [5.74, 6) is 1.29. The second-order valence-electron chi connectivity index (χ2n) is 8.39. The van der Waals surface area contributed by atoms with E-state index in [1.807, 2.05) is 18.2 Å². The number of likely N-dealkylation sites (N-methyl/N-ethyl adjacent to an activating group) is 1. The fraction of sp³-hybridized carbons (Fsp3) is 0.480. The largest absolute Gasteiger partial charge is 0.493 e. The molecule has 32 heavy (non-hydrogen) atoms. The Kier molecular flexibility index (Phi) is 7.17. The van der Waals surface area contributed by atoms with Crippen molar-refractivity contribution in [3.63, 3.8) is 0 Å². The van der Waals surface area contributed by atoms with Crippen molar-refractivity contribution in [2.45, 2.75) is 18.9 Å². The molecule has 0 radical (unpaired) electrons. The molecular weight excluding hydrogens is 406 g/mol. The summed E-state index contributed by atoms with van der Waals surface area (Å²) in [5, 5.41) is 3.17. The zero-order valence-corrected chi connectivity index (χ0v) is 19.2. The highest BCUT2D eigenvalue weighted by atomic mass is 16.5. The molecule has 0 spiro atoms. The lowest BCUT2D eigenvalue weighted by Gasteiger charge is -2.35. The van der Waals surface area contributed by atoms with E-state index in [1.54, 1.807) is 14.2 Å². The van der Waals surface area contributed by atoms with Gasteiger partial charge in [-0.25, -0.2) is 0 Å². The van der Waals surface area contributed by atoms with Gasteiger partial charge in [-0.3, -0.25) is 9.69 Å². The van der Waals surface area contributed by atoms with Crippen LogP contribution in [0.15, 0.2) is 36.4 Å². The molecule has 0 bridgehead atoms. The van der Waals surface area contributed by atoms with E-state index in [0.717, 1.165) is 44.8 Å². The maximum absolute atomic E-state index is 12.8. The monoisotopic (exact) mass is 439 g/mol. The maximum atomic E-state index is 12.8. The first-order valence-corrected chi connectivity index (χ1v) is 11.2. The molecule has 1 N–H and O–H groups in total. The Hall–Kier alpha value is -2.77. The molecule has 2 aromatic carbocycles. The van der Waals surface area contributed by atoms with Crippen LogP contribution in [0.3, 0.4) is 0 Å². The molecular formula is C25H33N3O4. The third-order valence-corrected chi connectivity index (χ3v) is 6.41. The fourth-order valence-corrected chi connectivity index (χ4v) is 4.59. The van der Waals surface area contributed by atoms with E-state index in [-0.39, 0.29) is 11.9 Å². The van der Waals surface area contributed by atoms with Crippen LogP contribution >= 0.6 is 0 Å². The Balaban J connectivity index is 1.45. The number of nitrogens with one attached hydrogen (secondary N) is 1. The van der Waals surface area contributed by atoms with E-state index in [2.05, 4.69) is 40.4 Å². The Labute approximate surface area is 190 Å². The van der Waals surface area contributed by atoms with Crippen molar-refractivity contribution in [1.82, 2.24) is 10.2 Å². The molecule has 1 amide bonds. The first-order valence-electron chi connectivity index (χ1n) is 11.2. The lowest BCUT2D eigenvalue weighted by Crippen LogP contribution is -2.44. The molecule has 0 saturated carbocycles. The smallest absolute Gasteiger partial charge is 0.224 e. The van der Waals surface area contributed by atoms with Gasteiger partial charge in [-0.1, -0.05) is 18.2 Å². The third-order valence-electron chi connectivity index (χ3n) is 6.41. The number of nitrogens with zero attached hydrogens (tertiary/aromatic N) is 2. The molecule has 0 aromatic heterocycles. The van der Waals surface area contributed by atoms with Gasteiger partial charge in [0.2, 0.25) is 5.91 Å². The number of carbonyl (C=O) groups excluding carboxylic acids is 1. The topological polar surface area (TPSA) is 63.3 Å². The highest BCUT2D eigenvalue weighted by Gasteiger charge is 2.25. The van der Waals surface area contributed by atoms with Crippen LogP contribution in [0.4, 0.5) is 5.69 Å². The van der Waals surface area contributed by atoms with E-state index >= 15 is 0 Å². The number of carbonyl (C=O) groups is 1. The van der Waals surface area contributed by atoms with Crippen molar-refractivity contribution in [2.24, 2.45) is 0 Å². The maximum Gasteiger partial charge on any atom is 0.224 e. The minimum atomic E-state index is -0.00336. The van der Waals surface area contributed by atoms with Gasteiger partial charge in [-0.2, -0.15) is 0 Å². The number of rotatable bonds is 8. The molecule has 2 heterocycles. The van der Waals surface area contributed by atoms with Crippen molar-refractivity contribution >= 4 is 11.6 Å².